The van der Waals surface area contributed by atoms with E-state index in [0.29, 0.717) is 12.8 Å². The van der Waals surface area contributed by atoms with Crippen molar-refractivity contribution in [2.75, 3.05) is 13.2 Å². The lowest BCUT2D eigenvalue weighted by Crippen LogP contribution is -2.66. The van der Waals surface area contributed by atoms with Gasteiger partial charge >= 0.3 is 5.97 Å². The number of hydrogen-bond donors (Lipinski definition) is 1. The van der Waals surface area contributed by atoms with Crippen molar-refractivity contribution in [3.05, 3.63) is 75.8 Å². The molecule has 280 valence electrons. The molecule has 4 aliphatic heterocycles. The van der Waals surface area contributed by atoms with Crippen LogP contribution in [0, 0.1) is 15.5 Å². The molecule has 11 atom stereocenters. The fourth-order valence-electron chi connectivity index (χ4n) is 6.65. The van der Waals surface area contributed by atoms with Crippen LogP contribution < -0.4 is 0 Å². The molecule has 14 nitrogen and oxygen atoms in total. The quantitative estimate of drug-likeness (QED) is 0.147. The third kappa shape index (κ3) is 8.78. The highest BCUT2D eigenvalue weighted by atomic mass is 16.8. The zero-order chi connectivity index (χ0) is 36.5. The van der Waals surface area contributed by atoms with E-state index in [0.717, 1.165) is 17.5 Å². The average Bonchev–Trinajstić information content (AvgIpc) is 3.43. The Morgan fingerprint density at radius 2 is 1.65 bits per heavy atom. The maximum absolute atomic E-state index is 13.5. The second kappa shape index (κ2) is 15.5. The number of nitro benzene ring substituents is 1. The van der Waals surface area contributed by atoms with Gasteiger partial charge in [0.25, 0.3) is 5.69 Å². The van der Waals surface area contributed by atoms with Crippen molar-refractivity contribution in [3.63, 3.8) is 0 Å². The molecule has 4 heterocycles. The van der Waals surface area contributed by atoms with Gasteiger partial charge in [0, 0.05) is 24.3 Å². The number of ether oxygens (including phenoxy) is 9. The van der Waals surface area contributed by atoms with Crippen LogP contribution in [0.25, 0.3) is 0 Å². The number of carbonyl (C=O) groups is 1. The minimum absolute atomic E-state index is 0.0451. The standard InChI is InChI=1S/C37H49NO13/c1-21-26(39)28-31(51-37(5,6)50-28)34(45-21)48-29-27-25(20-44-32(47-27)23-13-8-7-9-14-23)46-33(30(29)49-35(40)36(2,3)4)43-19-11-10-12-22-15-17-24(18-16-22)38(41)42/h7-9,13-18,21,25-34,39H,10-12,19-20H2,1-6H3/t21-,25+,26-,27-,28+,29-,30+,31+,32-,33+,34-/m0/s1. The molecular formula is C37H49NO13. The molecule has 51 heavy (non-hydrogen) atoms. The van der Waals surface area contributed by atoms with Crippen LogP contribution in [0.1, 0.15) is 71.8 Å². The van der Waals surface area contributed by atoms with E-state index < -0.39 is 89.8 Å². The van der Waals surface area contributed by atoms with E-state index in [9.17, 15) is 20.0 Å². The summed E-state index contributed by atoms with van der Waals surface area (Å²) in [5, 5.41) is 21.9. The van der Waals surface area contributed by atoms with E-state index in [4.69, 9.17) is 42.6 Å². The molecule has 4 saturated heterocycles. The Morgan fingerprint density at radius 1 is 0.941 bits per heavy atom. The Kier molecular flexibility index (Phi) is 11.5. The third-order valence-electron chi connectivity index (χ3n) is 9.39. The van der Waals surface area contributed by atoms with Gasteiger partial charge in [0.2, 0.25) is 0 Å². The van der Waals surface area contributed by atoms with Gasteiger partial charge in [-0.2, -0.15) is 0 Å². The first-order chi connectivity index (χ1) is 24.2. The summed E-state index contributed by atoms with van der Waals surface area (Å²) in [7, 11) is 0. The van der Waals surface area contributed by atoms with Crippen molar-refractivity contribution < 1.29 is 57.5 Å². The van der Waals surface area contributed by atoms with Gasteiger partial charge in [-0.05, 0) is 66.4 Å². The molecule has 0 aliphatic carbocycles. The Labute approximate surface area is 297 Å². The highest BCUT2D eigenvalue weighted by Gasteiger charge is 2.59. The molecule has 14 heteroatoms. The van der Waals surface area contributed by atoms with E-state index in [1.807, 2.05) is 30.3 Å². The molecule has 0 saturated carbocycles. The monoisotopic (exact) mass is 715 g/mol. The number of aryl methyl sites for hydroxylation is 1. The summed E-state index contributed by atoms with van der Waals surface area (Å²) >= 11 is 0. The number of unbranched alkanes of at least 4 members (excludes halogenated alkanes) is 1. The van der Waals surface area contributed by atoms with Crippen molar-refractivity contribution in [1.29, 1.82) is 0 Å². The molecule has 0 aromatic heterocycles. The fourth-order valence-corrected chi connectivity index (χ4v) is 6.65. The van der Waals surface area contributed by atoms with Crippen LogP contribution in [0.4, 0.5) is 5.69 Å². The summed E-state index contributed by atoms with van der Waals surface area (Å²) in [6, 6.07) is 16.0. The maximum Gasteiger partial charge on any atom is 0.311 e. The Morgan fingerprint density at radius 3 is 2.33 bits per heavy atom. The number of aliphatic hydroxyl groups excluding tert-OH is 1. The van der Waals surface area contributed by atoms with Gasteiger partial charge in [-0.15, -0.1) is 0 Å². The van der Waals surface area contributed by atoms with Crippen LogP contribution in [0.2, 0.25) is 0 Å². The molecule has 2 aromatic carbocycles. The fraction of sp³-hybridized carbons (Fsp3) is 0.649. The molecule has 4 aliphatic rings. The summed E-state index contributed by atoms with van der Waals surface area (Å²) in [5.74, 6) is -1.50. The molecule has 4 fully saturated rings. The van der Waals surface area contributed by atoms with Gasteiger partial charge in [-0.25, -0.2) is 0 Å². The number of nitrogens with zero attached hydrogens (tertiary/aromatic N) is 1. The number of rotatable bonds is 11. The summed E-state index contributed by atoms with van der Waals surface area (Å²) in [5.41, 5.74) is 0.948. The molecule has 6 rings (SSSR count). The van der Waals surface area contributed by atoms with Crippen LogP contribution in [0.5, 0.6) is 0 Å². The van der Waals surface area contributed by atoms with Crippen LogP contribution in [-0.4, -0.2) is 96.4 Å². The van der Waals surface area contributed by atoms with Crippen LogP contribution >= 0.6 is 0 Å². The molecule has 2 aromatic rings. The number of non-ortho nitro benzene ring substituents is 1. The van der Waals surface area contributed by atoms with Crippen LogP contribution in [0.15, 0.2) is 54.6 Å². The predicted molar refractivity (Wildman–Crippen MR) is 179 cm³/mol. The zero-order valence-electron chi connectivity index (χ0n) is 29.9. The van der Waals surface area contributed by atoms with Crippen LogP contribution in [-0.2, 0) is 53.8 Å². The Hall–Kier alpha value is -3.05. The highest BCUT2D eigenvalue weighted by molar-refractivity contribution is 5.75. The zero-order valence-corrected chi connectivity index (χ0v) is 29.9. The first-order valence-electron chi connectivity index (χ1n) is 17.6. The van der Waals surface area contributed by atoms with E-state index in [1.165, 1.54) is 12.1 Å². The molecule has 0 radical (unpaired) electrons. The molecule has 0 amide bonds. The van der Waals surface area contributed by atoms with E-state index in [2.05, 4.69) is 0 Å². The Balaban J connectivity index is 1.24. The van der Waals surface area contributed by atoms with Crippen molar-refractivity contribution in [1.82, 2.24) is 0 Å². The number of nitro groups is 1. The minimum atomic E-state index is -1.10. The largest absolute Gasteiger partial charge is 0.454 e. The van der Waals surface area contributed by atoms with E-state index in [1.54, 1.807) is 53.7 Å². The smallest absolute Gasteiger partial charge is 0.311 e. The second-order valence-corrected chi connectivity index (χ2v) is 15.0. The number of esters is 1. The lowest BCUT2D eigenvalue weighted by atomic mass is 9.94. The number of aliphatic hydroxyl groups is 1. The number of carbonyl (C=O) groups excluding carboxylic acids is 1. The van der Waals surface area contributed by atoms with Crippen molar-refractivity contribution in [2.24, 2.45) is 5.41 Å². The van der Waals surface area contributed by atoms with E-state index in [-0.39, 0.29) is 18.9 Å². The van der Waals surface area contributed by atoms with Crippen LogP contribution in [0.3, 0.4) is 0 Å². The average molecular weight is 716 g/mol. The Bertz CT molecular complexity index is 1480. The van der Waals surface area contributed by atoms with Gasteiger partial charge in [-0.3, -0.25) is 14.9 Å². The normalized spacial score (nSPS) is 34.7. The molecule has 1 N–H and O–H groups in total. The summed E-state index contributed by atoms with van der Waals surface area (Å²) in [6.07, 6.45) is -7.43. The minimum Gasteiger partial charge on any atom is -0.454 e. The first kappa shape index (κ1) is 37.7. The van der Waals surface area contributed by atoms with Crippen molar-refractivity contribution >= 4 is 11.7 Å². The van der Waals surface area contributed by atoms with E-state index >= 15 is 0 Å². The number of fused-ring (bicyclic) bond motifs is 2. The topological polar surface area (TPSA) is 164 Å². The first-order valence-corrected chi connectivity index (χ1v) is 17.6. The summed E-state index contributed by atoms with van der Waals surface area (Å²) in [4.78, 5) is 24.1. The number of hydrogen-bond acceptors (Lipinski definition) is 13. The molecular weight excluding hydrogens is 666 g/mol. The number of benzene rings is 2. The molecule has 0 bridgehead atoms. The maximum atomic E-state index is 13.5. The summed E-state index contributed by atoms with van der Waals surface area (Å²) in [6.45, 7) is 10.9. The lowest BCUT2D eigenvalue weighted by Gasteiger charge is -2.50. The van der Waals surface area contributed by atoms with Gasteiger partial charge in [0.15, 0.2) is 30.8 Å². The SMILES string of the molecule is C[C@@H]1O[C@@H](O[C@H]2[C@H]3O[C@@H](c4ccccc4)OC[C@H]3O[C@@H](OCCCCc3ccc([N+](=O)[O-])cc3)[C@@H]2OC(=O)C(C)(C)C)[C@@H]2OC(C)(C)O[C@@H]2[C@H]1O. The molecule has 0 unspecified atom stereocenters. The summed E-state index contributed by atoms with van der Waals surface area (Å²) < 4.78 is 56.9. The van der Waals surface area contributed by atoms with Gasteiger partial charge in [0.05, 0.1) is 23.0 Å². The lowest BCUT2D eigenvalue weighted by molar-refractivity contribution is -0.389. The van der Waals surface area contributed by atoms with Gasteiger partial charge in [0.1, 0.15) is 36.6 Å². The van der Waals surface area contributed by atoms with Crippen molar-refractivity contribution in [2.45, 2.75) is 134 Å². The third-order valence-corrected chi connectivity index (χ3v) is 9.39. The highest BCUT2D eigenvalue weighted by Crippen LogP contribution is 2.42. The second-order valence-electron chi connectivity index (χ2n) is 15.0. The van der Waals surface area contributed by atoms with Crippen molar-refractivity contribution in [3.8, 4) is 0 Å². The van der Waals surface area contributed by atoms with Gasteiger partial charge in [-0.1, -0.05) is 42.5 Å². The molecule has 0 spiro atoms. The van der Waals surface area contributed by atoms with Gasteiger partial charge < -0.3 is 47.7 Å². The predicted octanol–water partition coefficient (Wildman–Crippen LogP) is 4.74.